The Balaban J connectivity index is 1.46. The summed E-state index contributed by atoms with van der Waals surface area (Å²) < 4.78 is 12.1. The molecule has 0 bridgehead atoms. The molecule has 0 atom stereocenters. The van der Waals surface area contributed by atoms with E-state index in [2.05, 4.69) is 9.88 Å². The van der Waals surface area contributed by atoms with Crippen LogP contribution in [0.3, 0.4) is 0 Å². The van der Waals surface area contributed by atoms with Gasteiger partial charge in [-0.05, 0) is 54.0 Å². The van der Waals surface area contributed by atoms with Crippen LogP contribution in [-0.2, 0) is 13.1 Å². The molecule has 3 aromatic rings. The minimum absolute atomic E-state index is 0.107. The molecule has 0 N–H and O–H groups in total. The molecule has 2 aliphatic rings. The van der Waals surface area contributed by atoms with E-state index in [1.54, 1.807) is 18.5 Å². The summed E-state index contributed by atoms with van der Waals surface area (Å²) >= 11 is 5.99. The Morgan fingerprint density at radius 1 is 1.23 bits per heavy atom. The van der Waals surface area contributed by atoms with E-state index in [4.69, 9.17) is 21.1 Å². The summed E-state index contributed by atoms with van der Waals surface area (Å²) in [5.74, 6) is 1.58. The van der Waals surface area contributed by atoms with Gasteiger partial charge in [-0.3, -0.25) is 14.7 Å². The number of rotatable bonds is 3. The maximum absolute atomic E-state index is 13.0. The van der Waals surface area contributed by atoms with Crippen LogP contribution in [0.15, 0.2) is 60.6 Å². The molecule has 1 aromatic heterocycles. The first-order valence-corrected chi connectivity index (χ1v) is 10.1. The molecule has 0 unspecified atom stereocenters. The molecule has 2 aromatic carbocycles. The maximum Gasteiger partial charge on any atom is 0.232 e. The van der Waals surface area contributed by atoms with E-state index in [-0.39, 0.29) is 5.78 Å². The summed E-state index contributed by atoms with van der Waals surface area (Å²) in [5.41, 5.74) is 4.33. The number of halogens is 1. The molecule has 30 heavy (non-hydrogen) atoms. The van der Waals surface area contributed by atoms with Gasteiger partial charge in [-0.1, -0.05) is 29.8 Å². The van der Waals surface area contributed by atoms with Gasteiger partial charge in [0.25, 0.3) is 0 Å². The molecule has 0 spiro atoms. The molecule has 3 heterocycles. The average Bonchev–Trinajstić information content (AvgIpc) is 3.08. The molecule has 0 aliphatic carbocycles. The normalized spacial score (nSPS) is 16.7. The number of hydrogen-bond donors (Lipinski definition) is 0. The molecule has 0 radical (unpaired) electrons. The Hall–Kier alpha value is -3.15. The SMILES string of the molecule is Cc1cc2c(c3c1C(=O)/C(=C/c1cccnc1)O3)CN(Cc1ccc(Cl)cc1)CO2. The Morgan fingerprint density at radius 2 is 2.07 bits per heavy atom. The van der Waals surface area contributed by atoms with E-state index < -0.39 is 0 Å². The molecular formula is C24H19ClN2O3. The van der Waals surface area contributed by atoms with E-state index in [0.29, 0.717) is 41.9 Å². The van der Waals surface area contributed by atoms with Crippen molar-refractivity contribution in [3.05, 3.63) is 93.5 Å². The number of carbonyl (C=O) groups is 1. The molecule has 0 amide bonds. The molecule has 150 valence electrons. The Morgan fingerprint density at radius 3 is 2.83 bits per heavy atom. The highest BCUT2D eigenvalue weighted by molar-refractivity contribution is 6.30. The first-order chi connectivity index (χ1) is 14.6. The second-order valence-corrected chi connectivity index (χ2v) is 7.92. The van der Waals surface area contributed by atoms with E-state index in [9.17, 15) is 4.79 Å². The number of Topliss-reactive ketones (excluding diaryl/α,β-unsaturated/α-hetero) is 1. The van der Waals surface area contributed by atoms with Crippen molar-refractivity contribution < 1.29 is 14.3 Å². The number of ketones is 1. The van der Waals surface area contributed by atoms with Crippen molar-refractivity contribution in [3.8, 4) is 11.5 Å². The number of ether oxygens (including phenoxy) is 2. The number of hydrogen-bond acceptors (Lipinski definition) is 5. The number of carbonyl (C=O) groups excluding carboxylic acids is 1. The Kier molecular flexibility index (Phi) is 4.77. The summed E-state index contributed by atoms with van der Waals surface area (Å²) in [6, 6.07) is 13.4. The van der Waals surface area contributed by atoms with Gasteiger partial charge in [-0.25, -0.2) is 0 Å². The van der Waals surface area contributed by atoms with Crippen LogP contribution in [0, 0.1) is 6.92 Å². The summed E-state index contributed by atoms with van der Waals surface area (Å²) in [6.07, 6.45) is 5.13. The third-order valence-corrected chi connectivity index (χ3v) is 5.54. The lowest BCUT2D eigenvalue weighted by atomic mass is 9.98. The van der Waals surface area contributed by atoms with Gasteiger partial charge in [0.1, 0.15) is 18.2 Å². The zero-order valence-electron chi connectivity index (χ0n) is 16.4. The number of fused-ring (bicyclic) bond motifs is 3. The molecule has 0 saturated carbocycles. The topological polar surface area (TPSA) is 51.7 Å². The quantitative estimate of drug-likeness (QED) is 0.559. The van der Waals surface area contributed by atoms with Gasteiger partial charge >= 0.3 is 0 Å². The standard InChI is InChI=1S/C24H19ClN2O3/c1-15-9-20-19(13-27(14-29-20)12-16-4-6-18(25)7-5-16)24-22(15)23(28)21(30-24)10-17-3-2-8-26-11-17/h2-11H,12-14H2,1H3/b21-10-. The van der Waals surface area contributed by atoms with Crippen molar-refractivity contribution in [2.75, 3.05) is 6.73 Å². The fourth-order valence-corrected chi connectivity index (χ4v) is 3.96. The zero-order valence-corrected chi connectivity index (χ0v) is 17.1. The van der Waals surface area contributed by atoms with Gasteiger partial charge in [0, 0.05) is 30.5 Å². The van der Waals surface area contributed by atoms with Gasteiger partial charge in [0.05, 0.1) is 11.1 Å². The molecular weight excluding hydrogens is 400 g/mol. The Labute approximate surface area is 179 Å². The third kappa shape index (κ3) is 3.47. The van der Waals surface area contributed by atoms with Crippen molar-refractivity contribution in [2.45, 2.75) is 20.0 Å². The van der Waals surface area contributed by atoms with Crippen LogP contribution >= 0.6 is 11.6 Å². The average molecular weight is 419 g/mol. The van der Waals surface area contributed by atoms with Crippen LogP contribution in [0.2, 0.25) is 5.02 Å². The lowest BCUT2D eigenvalue weighted by molar-refractivity contribution is 0.0872. The van der Waals surface area contributed by atoms with Crippen LogP contribution < -0.4 is 9.47 Å². The van der Waals surface area contributed by atoms with Gasteiger partial charge in [0.15, 0.2) is 5.76 Å². The van der Waals surface area contributed by atoms with Gasteiger partial charge in [-0.2, -0.15) is 0 Å². The first kappa shape index (κ1) is 18.9. The highest BCUT2D eigenvalue weighted by atomic mass is 35.5. The fraction of sp³-hybridized carbons (Fsp3) is 0.167. The minimum atomic E-state index is -0.107. The van der Waals surface area contributed by atoms with Crippen LogP contribution in [0.5, 0.6) is 11.5 Å². The number of pyridine rings is 1. The van der Waals surface area contributed by atoms with Crippen LogP contribution in [-0.4, -0.2) is 22.4 Å². The fourth-order valence-electron chi connectivity index (χ4n) is 3.84. The number of benzene rings is 2. The van der Waals surface area contributed by atoms with Crippen molar-refractivity contribution in [3.63, 3.8) is 0 Å². The second kappa shape index (κ2) is 7.59. The van der Waals surface area contributed by atoms with Gasteiger partial charge in [-0.15, -0.1) is 0 Å². The lowest BCUT2D eigenvalue weighted by Crippen LogP contribution is -2.31. The number of aryl methyl sites for hydroxylation is 1. The predicted octanol–water partition coefficient (Wildman–Crippen LogP) is 5.01. The summed E-state index contributed by atoms with van der Waals surface area (Å²) in [4.78, 5) is 19.3. The van der Waals surface area contributed by atoms with Gasteiger partial charge < -0.3 is 9.47 Å². The largest absolute Gasteiger partial charge is 0.478 e. The summed E-state index contributed by atoms with van der Waals surface area (Å²) in [6.45, 7) is 3.73. The molecule has 0 fully saturated rings. The highest BCUT2D eigenvalue weighted by Gasteiger charge is 2.35. The minimum Gasteiger partial charge on any atom is -0.478 e. The van der Waals surface area contributed by atoms with E-state index in [1.165, 1.54) is 0 Å². The van der Waals surface area contributed by atoms with E-state index >= 15 is 0 Å². The van der Waals surface area contributed by atoms with E-state index in [0.717, 1.165) is 28.0 Å². The van der Waals surface area contributed by atoms with Crippen LogP contribution in [0.25, 0.3) is 6.08 Å². The van der Waals surface area contributed by atoms with E-state index in [1.807, 2.05) is 49.4 Å². The van der Waals surface area contributed by atoms with Crippen molar-refractivity contribution in [1.29, 1.82) is 0 Å². The van der Waals surface area contributed by atoms with Crippen molar-refractivity contribution >= 4 is 23.5 Å². The number of allylic oxidation sites excluding steroid dienone is 1. The number of nitrogens with zero attached hydrogens (tertiary/aromatic N) is 2. The second-order valence-electron chi connectivity index (χ2n) is 7.49. The molecule has 0 saturated heterocycles. The van der Waals surface area contributed by atoms with Crippen molar-refractivity contribution in [1.82, 2.24) is 9.88 Å². The summed E-state index contributed by atoms with van der Waals surface area (Å²) in [5, 5.41) is 0.715. The molecule has 6 heteroatoms. The first-order valence-electron chi connectivity index (χ1n) is 9.69. The molecule has 5 rings (SSSR count). The zero-order chi connectivity index (χ0) is 20.7. The van der Waals surface area contributed by atoms with Crippen molar-refractivity contribution in [2.24, 2.45) is 0 Å². The predicted molar refractivity (Wildman–Crippen MR) is 115 cm³/mol. The lowest BCUT2D eigenvalue weighted by Gasteiger charge is -2.30. The van der Waals surface area contributed by atoms with Crippen LogP contribution in [0.4, 0.5) is 0 Å². The Bertz CT molecular complexity index is 1160. The van der Waals surface area contributed by atoms with Gasteiger partial charge in [0.2, 0.25) is 5.78 Å². The smallest absolute Gasteiger partial charge is 0.232 e. The molecule has 5 nitrogen and oxygen atoms in total. The summed E-state index contributed by atoms with van der Waals surface area (Å²) in [7, 11) is 0. The number of aromatic nitrogens is 1. The maximum atomic E-state index is 13.0. The van der Waals surface area contributed by atoms with Crippen LogP contribution in [0.1, 0.15) is 32.6 Å². The highest BCUT2D eigenvalue weighted by Crippen LogP contribution is 2.44. The third-order valence-electron chi connectivity index (χ3n) is 5.29. The molecule has 2 aliphatic heterocycles. The monoisotopic (exact) mass is 418 g/mol.